The van der Waals surface area contributed by atoms with Gasteiger partial charge in [-0.05, 0) is 82.4 Å². The molecule has 8 nitrogen and oxygen atoms in total. The number of aryl methyl sites for hydroxylation is 2. The lowest BCUT2D eigenvalue weighted by Gasteiger charge is -2.39. The summed E-state index contributed by atoms with van der Waals surface area (Å²) >= 11 is 0. The molecule has 0 radical (unpaired) electrons. The molecule has 0 aliphatic heterocycles. The predicted octanol–water partition coefficient (Wildman–Crippen LogP) is 4.95. The van der Waals surface area contributed by atoms with Crippen LogP contribution in [0.4, 0.5) is 19.0 Å². The molecule has 2 heterocycles. The molecule has 3 atom stereocenters. The molecule has 1 aliphatic carbocycles. The molecule has 1 aliphatic rings. The minimum atomic E-state index is -4.39. The Morgan fingerprint density at radius 2 is 1.84 bits per heavy atom. The third-order valence-corrected chi connectivity index (χ3v) is 8.34. The zero-order valence-electron chi connectivity index (χ0n) is 21.5. The quantitative estimate of drug-likeness (QED) is 0.445. The number of sulfonamides is 1. The van der Waals surface area contributed by atoms with Gasteiger partial charge in [0.05, 0.1) is 11.3 Å². The number of anilines is 1. The van der Waals surface area contributed by atoms with E-state index in [-0.39, 0.29) is 45.9 Å². The van der Waals surface area contributed by atoms with Crippen LogP contribution in [0.2, 0.25) is 0 Å². The van der Waals surface area contributed by atoms with Gasteiger partial charge in [0.1, 0.15) is 23.1 Å². The molecule has 1 N–H and O–H groups in total. The summed E-state index contributed by atoms with van der Waals surface area (Å²) < 4.78 is 74.6. The number of hydrogen-bond acceptors (Lipinski definition) is 7. The van der Waals surface area contributed by atoms with Crippen LogP contribution in [-0.4, -0.2) is 54.5 Å². The van der Waals surface area contributed by atoms with Gasteiger partial charge in [-0.15, -0.1) is 0 Å². The maximum atomic E-state index is 13.5. The Bertz CT molecular complexity index is 1380. The maximum absolute atomic E-state index is 13.5. The summed E-state index contributed by atoms with van der Waals surface area (Å²) in [7, 11) is -0.101. The van der Waals surface area contributed by atoms with Crippen molar-refractivity contribution in [1.82, 2.24) is 19.9 Å². The first-order chi connectivity index (χ1) is 17.8. The van der Waals surface area contributed by atoms with Crippen LogP contribution in [0.1, 0.15) is 47.6 Å². The van der Waals surface area contributed by atoms with E-state index in [9.17, 15) is 21.6 Å². The topological polar surface area (TPSA) is 97.3 Å². The van der Waals surface area contributed by atoms with E-state index in [0.717, 1.165) is 0 Å². The first-order valence-electron chi connectivity index (χ1n) is 12.1. The fraction of sp³-hybridized carbons (Fsp3) is 0.423. The molecule has 12 heteroatoms. The molecule has 1 saturated carbocycles. The zero-order valence-corrected chi connectivity index (χ0v) is 22.3. The number of hydrogen-bond donors (Lipinski definition) is 1. The molecule has 0 saturated heterocycles. The standard InChI is InChI=1S/C26H30F3N5O3S/c1-16-5-6-18(13-20(16)26(27,28)29)19-7-8-22(21(14-19)34(3)4)37-25-10-9-23(17(2)32-25)38(35,36)33-24-11-12-30-15-31-24/h5-6,9-13,15,19,21-22H,7-8,14H2,1-4H3,(H,30,31,33)/t19-,21-,22-/m0/s1. The highest BCUT2D eigenvalue weighted by Gasteiger charge is 2.37. The van der Waals surface area contributed by atoms with Gasteiger partial charge in [0.2, 0.25) is 5.88 Å². The van der Waals surface area contributed by atoms with E-state index in [2.05, 4.69) is 19.7 Å². The monoisotopic (exact) mass is 549 g/mol. The van der Waals surface area contributed by atoms with E-state index in [4.69, 9.17) is 4.74 Å². The molecule has 0 bridgehead atoms. The van der Waals surface area contributed by atoms with E-state index in [1.54, 1.807) is 13.0 Å². The summed E-state index contributed by atoms with van der Waals surface area (Å²) in [6, 6.07) is 8.90. The van der Waals surface area contributed by atoms with Crippen molar-refractivity contribution in [3.8, 4) is 5.88 Å². The van der Waals surface area contributed by atoms with Crippen molar-refractivity contribution >= 4 is 15.8 Å². The first kappa shape index (κ1) is 27.8. The van der Waals surface area contributed by atoms with Gasteiger partial charge in [-0.2, -0.15) is 13.2 Å². The molecule has 3 aromatic rings. The lowest BCUT2D eigenvalue weighted by molar-refractivity contribution is -0.138. The largest absolute Gasteiger partial charge is 0.473 e. The minimum Gasteiger partial charge on any atom is -0.473 e. The molecule has 1 aromatic carbocycles. The van der Waals surface area contributed by atoms with Gasteiger partial charge < -0.3 is 9.64 Å². The third kappa shape index (κ3) is 6.24. The van der Waals surface area contributed by atoms with Crippen molar-refractivity contribution in [2.24, 2.45) is 0 Å². The van der Waals surface area contributed by atoms with Gasteiger partial charge in [0.25, 0.3) is 10.0 Å². The van der Waals surface area contributed by atoms with Crippen LogP contribution in [0, 0.1) is 13.8 Å². The number of likely N-dealkylation sites (N-methyl/N-ethyl adjacent to an activating group) is 1. The lowest BCUT2D eigenvalue weighted by Crippen LogP contribution is -2.46. The average Bonchev–Trinajstić information content (AvgIpc) is 2.84. The Morgan fingerprint density at radius 1 is 1.08 bits per heavy atom. The number of aromatic nitrogens is 3. The minimum absolute atomic E-state index is 0.00355. The number of pyridine rings is 1. The van der Waals surface area contributed by atoms with Crippen LogP contribution in [0.3, 0.4) is 0 Å². The number of alkyl halides is 3. The highest BCUT2D eigenvalue weighted by molar-refractivity contribution is 7.92. The van der Waals surface area contributed by atoms with Gasteiger partial charge in [-0.25, -0.2) is 23.4 Å². The van der Waals surface area contributed by atoms with E-state index < -0.39 is 21.8 Å². The Labute approximate surface area is 220 Å². The first-order valence-corrected chi connectivity index (χ1v) is 13.6. The van der Waals surface area contributed by atoms with Crippen LogP contribution < -0.4 is 9.46 Å². The van der Waals surface area contributed by atoms with E-state index in [1.807, 2.05) is 19.0 Å². The van der Waals surface area contributed by atoms with Crippen molar-refractivity contribution in [2.75, 3.05) is 18.8 Å². The molecule has 2 aromatic heterocycles. The van der Waals surface area contributed by atoms with Gasteiger partial charge >= 0.3 is 6.18 Å². The van der Waals surface area contributed by atoms with Crippen LogP contribution >= 0.6 is 0 Å². The second kappa shape index (κ2) is 10.9. The number of ether oxygens (including phenoxy) is 1. The molecule has 1 fully saturated rings. The normalized spacial score (nSPS) is 20.4. The summed E-state index contributed by atoms with van der Waals surface area (Å²) in [5, 5.41) is 0. The maximum Gasteiger partial charge on any atom is 0.416 e. The van der Waals surface area contributed by atoms with Crippen molar-refractivity contribution in [3.63, 3.8) is 0 Å². The summed E-state index contributed by atoms with van der Waals surface area (Å²) in [5.74, 6) is 0.383. The second-order valence-electron chi connectivity index (χ2n) is 9.70. The van der Waals surface area contributed by atoms with Gasteiger partial charge in [-0.1, -0.05) is 12.1 Å². The fourth-order valence-corrected chi connectivity index (χ4v) is 6.06. The fourth-order valence-electron chi connectivity index (χ4n) is 4.88. The summed E-state index contributed by atoms with van der Waals surface area (Å²) in [4.78, 5) is 14.0. The molecule has 0 spiro atoms. The number of benzene rings is 1. The van der Waals surface area contributed by atoms with Gasteiger partial charge in [0, 0.05) is 18.3 Å². The Hall–Kier alpha value is -3.25. The molecule has 38 heavy (non-hydrogen) atoms. The van der Waals surface area contributed by atoms with Crippen molar-refractivity contribution in [3.05, 3.63) is 71.3 Å². The highest BCUT2D eigenvalue weighted by atomic mass is 32.2. The third-order valence-electron chi connectivity index (χ3n) is 6.85. The number of halogens is 3. The highest BCUT2D eigenvalue weighted by Crippen LogP contribution is 2.39. The number of nitrogens with one attached hydrogen (secondary N) is 1. The van der Waals surface area contributed by atoms with Crippen LogP contribution in [0.5, 0.6) is 5.88 Å². The molecular weight excluding hydrogens is 519 g/mol. The Kier molecular flexibility index (Phi) is 7.93. The second-order valence-corrected chi connectivity index (χ2v) is 11.4. The zero-order chi connectivity index (χ0) is 27.7. The van der Waals surface area contributed by atoms with E-state index in [1.165, 1.54) is 49.8 Å². The van der Waals surface area contributed by atoms with Gasteiger partial charge in [-0.3, -0.25) is 4.72 Å². The SMILES string of the molecule is Cc1ccc([C@H]2CC[C@H](Oc3ccc(S(=O)(=O)Nc4ccncn4)c(C)n3)[C@@H](N(C)C)C2)cc1C(F)(F)F. The molecule has 4 rings (SSSR count). The van der Waals surface area contributed by atoms with E-state index >= 15 is 0 Å². The smallest absolute Gasteiger partial charge is 0.416 e. The number of nitrogens with zero attached hydrogens (tertiary/aromatic N) is 4. The summed E-state index contributed by atoms with van der Waals surface area (Å²) in [6.45, 7) is 3.05. The van der Waals surface area contributed by atoms with Crippen molar-refractivity contribution in [2.45, 2.75) is 62.2 Å². The van der Waals surface area contributed by atoms with Crippen LogP contribution in [-0.2, 0) is 16.2 Å². The van der Waals surface area contributed by atoms with Crippen LogP contribution in [0.25, 0.3) is 0 Å². The summed E-state index contributed by atoms with van der Waals surface area (Å²) in [5.41, 5.74) is 0.548. The lowest BCUT2D eigenvalue weighted by atomic mass is 9.78. The van der Waals surface area contributed by atoms with Crippen molar-refractivity contribution in [1.29, 1.82) is 0 Å². The van der Waals surface area contributed by atoms with Crippen LogP contribution in [0.15, 0.2) is 53.8 Å². The molecular formula is C26H30F3N5O3S. The molecule has 0 unspecified atom stereocenters. The average molecular weight is 550 g/mol. The van der Waals surface area contributed by atoms with Gasteiger partial charge in [0.15, 0.2) is 0 Å². The number of rotatable bonds is 7. The summed E-state index contributed by atoms with van der Waals surface area (Å²) in [6.07, 6.45) is -0.105. The van der Waals surface area contributed by atoms with E-state index in [0.29, 0.717) is 24.8 Å². The molecule has 0 amide bonds. The predicted molar refractivity (Wildman–Crippen MR) is 136 cm³/mol. The van der Waals surface area contributed by atoms with Crippen molar-refractivity contribution < 1.29 is 26.3 Å². The Balaban J connectivity index is 1.49. The Morgan fingerprint density at radius 3 is 2.47 bits per heavy atom. The molecule has 204 valence electrons.